The number of hydrogen-bond donors (Lipinski definition) is 1. The summed E-state index contributed by atoms with van der Waals surface area (Å²) in [5.41, 5.74) is 2.32. The van der Waals surface area contributed by atoms with Crippen molar-refractivity contribution in [2.45, 2.75) is 19.4 Å². The van der Waals surface area contributed by atoms with E-state index in [1.54, 1.807) is 31.3 Å². The molecule has 1 unspecified atom stereocenters. The summed E-state index contributed by atoms with van der Waals surface area (Å²) in [5, 5.41) is 10.4. The third kappa shape index (κ3) is 3.31. The Hall–Kier alpha value is -2.95. The molecular weight excluding hydrogens is 318 g/mol. The van der Waals surface area contributed by atoms with Gasteiger partial charge in [0.1, 0.15) is 17.3 Å². The summed E-state index contributed by atoms with van der Waals surface area (Å²) in [6, 6.07) is 12.6. The number of carbonyl (C=O) groups excluding carboxylic acids is 1. The molecule has 2 aromatic rings. The van der Waals surface area contributed by atoms with E-state index in [0.717, 1.165) is 11.1 Å². The summed E-state index contributed by atoms with van der Waals surface area (Å²) in [7, 11) is 3.16. The van der Waals surface area contributed by atoms with Crippen LogP contribution in [0.4, 0.5) is 5.69 Å². The van der Waals surface area contributed by atoms with Crippen molar-refractivity contribution in [2.75, 3.05) is 19.1 Å². The molecule has 2 aromatic carbocycles. The summed E-state index contributed by atoms with van der Waals surface area (Å²) in [6.45, 7) is 1.89. The van der Waals surface area contributed by atoms with Crippen LogP contribution in [0.5, 0.6) is 11.5 Å². The van der Waals surface area contributed by atoms with Crippen LogP contribution in [0.2, 0.25) is 0 Å². The fourth-order valence-corrected chi connectivity index (χ4v) is 3.08. The fourth-order valence-electron chi connectivity index (χ4n) is 3.08. The molecule has 0 saturated heterocycles. The van der Waals surface area contributed by atoms with Gasteiger partial charge in [0, 0.05) is 12.5 Å². The number of aromatic hydroxyl groups is 1. The molecule has 25 heavy (non-hydrogen) atoms. The number of nitrogens with zero attached hydrogens (tertiary/aromatic N) is 1. The molecular formula is C20H21NO4. The van der Waals surface area contributed by atoms with Crippen LogP contribution in [0.25, 0.3) is 0 Å². The van der Waals surface area contributed by atoms with Gasteiger partial charge < -0.3 is 14.6 Å². The van der Waals surface area contributed by atoms with Gasteiger partial charge in [-0.3, -0.25) is 9.69 Å². The summed E-state index contributed by atoms with van der Waals surface area (Å²) < 4.78 is 10.6. The number of methoxy groups -OCH3 is 2. The zero-order chi connectivity index (χ0) is 18.0. The quantitative estimate of drug-likeness (QED) is 0.922. The van der Waals surface area contributed by atoms with Gasteiger partial charge in [-0.1, -0.05) is 18.2 Å². The molecule has 3 rings (SSSR count). The lowest BCUT2D eigenvalue weighted by molar-refractivity contribution is -0.115. The second-order valence-electron chi connectivity index (χ2n) is 6.01. The summed E-state index contributed by atoms with van der Waals surface area (Å²) in [5.74, 6) is 1.18. The SMILES string of the molecule is COC1=CC(=O)N(c2ccc(C)cc2O)C(c2cccc(OC)c2)C1. The van der Waals surface area contributed by atoms with Crippen LogP contribution >= 0.6 is 0 Å². The smallest absolute Gasteiger partial charge is 0.255 e. The molecule has 0 bridgehead atoms. The van der Waals surface area contributed by atoms with Crippen LogP contribution < -0.4 is 9.64 Å². The lowest BCUT2D eigenvalue weighted by Crippen LogP contribution is -2.37. The monoisotopic (exact) mass is 339 g/mol. The number of rotatable bonds is 4. The van der Waals surface area contributed by atoms with Gasteiger partial charge in [-0.2, -0.15) is 0 Å². The lowest BCUT2D eigenvalue weighted by atomic mass is 9.96. The van der Waals surface area contributed by atoms with Gasteiger partial charge in [-0.05, 0) is 42.3 Å². The molecule has 0 spiro atoms. The average Bonchev–Trinajstić information content (AvgIpc) is 2.62. The molecule has 1 amide bonds. The van der Waals surface area contributed by atoms with Crippen LogP contribution in [-0.2, 0) is 9.53 Å². The standard InChI is InChI=1S/C20H21NO4/c1-13-7-8-17(19(22)9-13)21-18(11-16(25-3)12-20(21)23)14-5-4-6-15(10-14)24-2/h4-10,12,18,22H,11H2,1-3H3. The van der Waals surface area contributed by atoms with Crippen LogP contribution in [-0.4, -0.2) is 25.2 Å². The Bertz CT molecular complexity index is 828. The van der Waals surface area contributed by atoms with E-state index in [2.05, 4.69) is 0 Å². The molecule has 0 aromatic heterocycles. The van der Waals surface area contributed by atoms with Crippen molar-refractivity contribution in [3.63, 3.8) is 0 Å². The molecule has 0 radical (unpaired) electrons. The van der Waals surface area contributed by atoms with E-state index >= 15 is 0 Å². The third-order valence-electron chi connectivity index (χ3n) is 4.36. The fraction of sp³-hybridized carbons (Fsp3) is 0.250. The average molecular weight is 339 g/mol. The van der Waals surface area contributed by atoms with Crippen LogP contribution in [0.3, 0.4) is 0 Å². The largest absolute Gasteiger partial charge is 0.506 e. The van der Waals surface area contributed by atoms with E-state index in [1.807, 2.05) is 37.3 Å². The van der Waals surface area contributed by atoms with Gasteiger partial charge in [-0.15, -0.1) is 0 Å². The van der Waals surface area contributed by atoms with Crippen molar-refractivity contribution in [3.05, 3.63) is 65.4 Å². The maximum atomic E-state index is 12.8. The van der Waals surface area contributed by atoms with Crippen molar-refractivity contribution in [3.8, 4) is 11.5 Å². The molecule has 5 heteroatoms. The number of ether oxygens (including phenoxy) is 2. The molecule has 0 aliphatic carbocycles. The Labute approximate surface area is 147 Å². The van der Waals surface area contributed by atoms with E-state index in [1.165, 1.54) is 6.08 Å². The maximum absolute atomic E-state index is 12.8. The molecule has 1 atom stereocenters. The molecule has 1 aliphatic heterocycles. The highest BCUT2D eigenvalue weighted by Crippen LogP contribution is 2.40. The number of anilines is 1. The number of phenols is 1. The summed E-state index contributed by atoms with van der Waals surface area (Å²) >= 11 is 0. The van der Waals surface area contributed by atoms with Crippen molar-refractivity contribution in [2.24, 2.45) is 0 Å². The minimum atomic E-state index is -0.295. The van der Waals surface area contributed by atoms with Crippen LogP contribution in [0.15, 0.2) is 54.3 Å². The van der Waals surface area contributed by atoms with E-state index < -0.39 is 0 Å². The van der Waals surface area contributed by atoms with Gasteiger partial charge in [0.25, 0.3) is 5.91 Å². The number of carbonyl (C=O) groups is 1. The van der Waals surface area contributed by atoms with E-state index in [0.29, 0.717) is 23.6 Å². The third-order valence-corrected chi connectivity index (χ3v) is 4.36. The van der Waals surface area contributed by atoms with E-state index in [-0.39, 0.29) is 17.7 Å². The molecule has 1 N–H and O–H groups in total. The Morgan fingerprint density at radius 3 is 2.60 bits per heavy atom. The van der Waals surface area contributed by atoms with Gasteiger partial charge in [0.15, 0.2) is 0 Å². The Morgan fingerprint density at radius 1 is 1.12 bits per heavy atom. The number of hydrogen-bond acceptors (Lipinski definition) is 4. The lowest BCUT2D eigenvalue weighted by Gasteiger charge is -2.35. The maximum Gasteiger partial charge on any atom is 0.255 e. The number of benzene rings is 2. The molecule has 5 nitrogen and oxygen atoms in total. The normalized spacial score (nSPS) is 17.2. The first-order valence-electron chi connectivity index (χ1n) is 8.05. The van der Waals surface area contributed by atoms with Crippen molar-refractivity contribution < 1.29 is 19.4 Å². The first-order chi connectivity index (χ1) is 12.0. The molecule has 0 fully saturated rings. The van der Waals surface area contributed by atoms with Crippen molar-refractivity contribution in [1.29, 1.82) is 0 Å². The highest BCUT2D eigenvalue weighted by molar-refractivity contribution is 6.04. The zero-order valence-corrected chi connectivity index (χ0v) is 14.5. The molecule has 1 heterocycles. The highest BCUT2D eigenvalue weighted by Gasteiger charge is 2.33. The number of amides is 1. The molecule has 130 valence electrons. The Balaban J connectivity index is 2.11. The Morgan fingerprint density at radius 2 is 1.92 bits per heavy atom. The number of phenolic OH excluding ortho intramolecular Hbond substituents is 1. The van der Waals surface area contributed by atoms with Gasteiger partial charge in [-0.25, -0.2) is 0 Å². The Kier molecular flexibility index (Phi) is 4.65. The molecule has 0 saturated carbocycles. The van der Waals surface area contributed by atoms with Gasteiger partial charge >= 0.3 is 0 Å². The minimum Gasteiger partial charge on any atom is -0.506 e. The van der Waals surface area contributed by atoms with Crippen LogP contribution in [0, 0.1) is 6.92 Å². The predicted molar refractivity (Wildman–Crippen MR) is 95.8 cm³/mol. The summed E-state index contributed by atoms with van der Waals surface area (Å²) in [4.78, 5) is 14.4. The second kappa shape index (κ2) is 6.89. The van der Waals surface area contributed by atoms with Gasteiger partial charge in [0.2, 0.25) is 0 Å². The predicted octanol–water partition coefficient (Wildman–Crippen LogP) is 3.72. The van der Waals surface area contributed by atoms with E-state index in [9.17, 15) is 9.90 Å². The molecule has 1 aliphatic rings. The highest BCUT2D eigenvalue weighted by atomic mass is 16.5. The minimum absolute atomic E-state index is 0.0792. The van der Waals surface area contributed by atoms with Gasteiger partial charge in [0.05, 0.1) is 25.9 Å². The van der Waals surface area contributed by atoms with Crippen LogP contribution in [0.1, 0.15) is 23.6 Å². The van der Waals surface area contributed by atoms with Crippen molar-refractivity contribution in [1.82, 2.24) is 0 Å². The van der Waals surface area contributed by atoms with Crippen molar-refractivity contribution >= 4 is 11.6 Å². The number of aryl methyl sites for hydroxylation is 1. The summed E-state index contributed by atoms with van der Waals surface area (Å²) in [6.07, 6.45) is 1.98. The first-order valence-corrected chi connectivity index (χ1v) is 8.05. The first kappa shape index (κ1) is 16.9. The second-order valence-corrected chi connectivity index (χ2v) is 6.01. The zero-order valence-electron chi connectivity index (χ0n) is 14.5. The van der Waals surface area contributed by atoms with E-state index in [4.69, 9.17) is 9.47 Å². The topological polar surface area (TPSA) is 59.0 Å².